The number of carbonyl (C=O) groups is 1. The maximum Gasteiger partial charge on any atom is 0.256 e. The van der Waals surface area contributed by atoms with Gasteiger partial charge in [-0.1, -0.05) is 24.3 Å². The average Bonchev–Trinajstić information content (AvgIpc) is 2.74. The van der Waals surface area contributed by atoms with E-state index in [1.54, 1.807) is 0 Å². The van der Waals surface area contributed by atoms with Crippen LogP contribution in [0.4, 0.5) is 5.82 Å². The molecule has 1 unspecified atom stereocenters. The molecule has 0 spiro atoms. The quantitative estimate of drug-likeness (QED) is 0.857. The van der Waals surface area contributed by atoms with Gasteiger partial charge in [-0.2, -0.15) is 0 Å². The van der Waals surface area contributed by atoms with E-state index in [0.29, 0.717) is 32.2 Å². The van der Waals surface area contributed by atoms with Gasteiger partial charge in [-0.25, -0.2) is 9.97 Å². The van der Waals surface area contributed by atoms with Crippen LogP contribution in [-0.4, -0.2) is 53.1 Å². The summed E-state index contributed by atoms with van der Waals surface area (Å²) in [7, 11) is 0. The Balaban J connectivity index is 1.34. The van der Waals surface area contributed by atoms with Crippen LogP contribution in [0.25, 0.3) is 0 Å². The van der Waals surface area contributed by atoms with E-state index < -0.39 is 6.10 Å². The number of hydrogen-bond acceptors (Lipinski definition) is 6. The molecule has 3 heterocycles. The molecule has 0 bridgehead atoms. The molecule has 4 rings (SSSR count). The summed E-state index contributed by atoms with van der Waals surface area (Å²) in [4.78, 5) is 23.3. The predicted octanol–water partition coefficient (Wildman–Crippen LogP) is 2.59. The second-order valence-corrected chi connectivity index (χ2v) is 7.12. The Morgan fingerprint density at radius 2 is 2.11 bits per heavy atom. The van der Waals surface area contributed by atoms with Crippen LogP contribution in [0.3, 0.4) is 0 Å². The Labute approximate surface area is 165 Å². The lowest BCUT2D eigenvalue weighted by Gasteiger charge is -2.36. The highest BCUT2D eigenvalue weighted by atomic mass is 16.5. The highest BCUT2D eigenvalue weighted by Gasteiger charge is 2.32. The Morgan fingerprint density at radius 1 is 1.29 bits per heavy atom. The van der Waals surface area contributed by atoms with Crippen molar-refractivity contribution in [2.75, 3.05) is 31.6 Å². The SMILES string of the molecule is CCOc1cc(NC2CCN(C(=O)C3OCCc4ccccc43)CC2)ncn1. The van der Waals surface area contributed by atoms with Crippen LogP contribution in [0.1, 0.15) is 37.0 Å². The van der Waals surface area contributed by atoms with Crippen LogP contribution < -0.4 is 10.1 Å². The first-order valence-electron chi connectivity index (χ1n) is 9.94. The highest BCUT2D eigenvalue weighted by Crippen LogP contribution is 2.29. The molecule has 0 saturated carbocycles. The normalized spacial score (nSPS) is 19.8. The van der Waals surface area contributed by atoms with Gasteiger partial charge in [0.05, 0.1) is 13.2 Å². The van der Waals surface area contributed by atoms with E-state index in [1.165, 1.54) is 11.9 Å². The van der Waals surface area contributed by atoms with E-state index in [2.05, 4.69) is 21.4 Å². The summed E-state index contributed by atoms with van der Waals surface area (Å²) < 4.78 is 11.3. The van der Waals surface area contributed by atoms with Crippen LogP contribution in [0, 0.1) is 0 Å². The van der Waals surface area contributed by atoms with Crippen molar-refractivity contribution in [3.05, 3.63) is 47.8 Å². The monoisotopic (exact) mass is 382 g/mol. The molecule has 1 amide bonds. The smallest absolute Gasteiger partial charge is 0.256 e. The zero-order chi connectivity index (χ0) is 19.3. The molecule has 1 N–H and O–H groups in total. The molecular formula is C21H26N4O3. The minimum atomic E-state index is -0.468. The minimum Gasteiger partial charge on any atom is -0.478 e. The van der Waals surface area contributed by atoms with Gasteiger partial charge in [0, 0.05) is 25.2 Å². The number of benzene rings is 1. The zero-order valence-electron chi connectivity index (χ0n) is 16.1. The lowest BCUT2D eigenvalue weighted by Crippen LogP contribution is -2.45. The van der Waals surface area contributed by atoms with Gasteiger partial charge < -0.3 is 19.7 Å². The topological polar surface area (TPSA) is 76.6 Å². The first kappa shape index (κ1) is 18.7. The molecule has 7 heteroatoms. The number of anilines is 1. The van der Waals surface area contributed by atoms with Crippen LogP contribution in [0.5, 0.6) is 5.88 Å². The summed E-state index contributed by atoms with van der Waals surface area (Å²) in [6.45, 7) is 4.52. The molecule has 1 atom stereocenters. The second kappa shape index (κ2) is 8.56. The van der Waals surface area contributed by atoms with Crippen molar-refractivity contribution in [1.82, 2.24) is 14.9 Å². The summed E-state index contributed by atoms with van der Waals surface area (Å²) in [6, 6.07) is 10.2. The van der Waals surface area contributed by atoms with Gasteiger partial charge in [-0.05, 0) is 37.3 Å². The largest absolute Gasteiger partial charge is 0.478 e. The van der Waals surface area contributed by atoms with E-state index in [1.807, 2.05) is 36.1 Å². The fourth-order valence-electron chi connectivity index (χ4n) is 3.86. The Morgan fingerprint density at radius 3 is 2.93 bits per heavy atom. The minimum absolute atomic E-state index is 0.0752. The van der Waals surface area contributed by atoms with Gasteiger partial charge in [0.2, 0.25) is 5.88 Å². The molecule has 1 fully saturated rings. The van der Waals surface area contributed by atoms with Gasteiger partial charge in [0.15, 0.2) is 6.10 Å². The number of nitrogens with zero attached hydrogens (tertiary/aromatic N) is 3. The third-order valence-electron chi connectivity index (χ3n) is 5.31. The van der Waals surface area contributed by atoms with E-state index in [-0.39, 0.29) is 11.9 Å². The average molecular weight is 382 g/mol. The van der Waals surface area contributed by atoms with E-state index in [9.17, 15) is 4.79 Å². The number of nitrogens with one attached hydrogen (secondary N) is 1. The maximum atomic E-state index is 13.0. The molecular weight excluding hydrogens is 356 g/mol. The van der Waals surface area contributed by atoms with Crippen molar-refractivity contribution < 1.29 is 14.3 Å². The Hall–Kier alpha value is -2.67. The molecule has 2 aliphatic heterocycles. The van der Waals surface area contributed by atoms with Gasteiger partial charge in [-0.3, -0.25) is 4.79 Å². The summed E-state index contributed by atoms with van der Waals surface area (Å²) in [5.41, 5.74) is 2.24. The van der Waals surface area contributed by atoms with Crippen molar-refractivity contribution in [3.63, 3.8) is 0 Å². The molecule has 28 heavy (non-hydrogen) atoms. The Bertz CT molecular complexity index is 821. The fourth-order valence-corrected chi connectivity index (χ4v) is 3.86. The third kappa shape index (κ3) is 4.09. The molecule has 2 aromatic rings. The van der Waals surface area contributed by atoms with Crippen molar-refractivity contribution in [1.29, 1.82) is 0 Å². The van der Waals surface area contributed by atoms with Crippen LogP contribution in [-0.2, 0) is 16.0 Å². The number of hydrogen-bond donors (Lipinski definition) is 1. The molecule has 7 nitrogen and oxygen atoms in total. The lowest BCUT2D eigenvalue weighted by atomic mass is 9.96. The van der Waals surface area contributed by atoms with Gasteiger partial charge in [-0.15, -0.1) is 0 Å². The third-order valence-corrected chi connectivity index (χ3v) is 5.31. The lowest BCUT2D eigenvalue weighted by molar-refractivity contribution is -0.146. The molecule has 148 valence electrons. The first-order chi connectivity index (χ1) is 13.7. The summed E-state index contributed by atoms with van der Waals surface area (Å²) >= 11 is 0. The summed E-state index contributed by atoms with van der Waals surface area (Å²) in [5.74, 6) is 1.40. The number of carbonyl (C=O) groups excluding carboxylic acids is 1. The number of rotatable bonds is 5. The van der Waals surface area contributed by atoms with E-state index in [0.717, 1.165) is 30.6 Å². The zero-order valence-corrected chi connectivity index (χ0v) is 16.1. The van der Waals surface area contributed by atoms with Crippen molar-refractivity contribution >= 4 is 11.7 Å². The summed E-state index contributed by atoms with van der Waals surface area (Å²) in [5, 5.41) is 3.43. The molecule has 1 aromatic heterocycles. The number of ether oxygens (including phenoxy) is 2. The number of aromatic nitrogens is 2. The number of likely N-dealkylation sites (tertiary alicyclic amines) is 1. The molecule has 0 radical (unpaired) electrons. The molecule has 1 saturated heterocycles. The predicted molar refractivity (Wildman–Crippen MR) is 105 cm³/mol. The molecule has 1 aromatic carbocycles. The van der Waals surface area contributed by atoms with Crippen molar-refractivity contribution in [3.8, 4) is 5.88 Å². The number of fused-ring (bicyclic) bond motifs is 1. The maximum absolute atomic E-state index is 13.0. The summed E-state index contributed by atoms with van der Waals surface area (Å²) in [6.07, 6.45) is 3.64. The van der Waals surface area contributed by atoms with Gasteiger partial charge >= 0.3 is 0 Å². The number of amides is 1. The van der Waals surface area contributed by atoms with Crippen LogP contribution >= 0.6 is 0 Å². The first-order valence-corrected chi connectivity index (χ1v) is 9.94. The van der Waals surface area contributed by atoms with Gasteiger partial charge in [0.1, 0.15) is 12.1 Å². The molecule has 2 aliphatic rings. The van der Waals surface area contributed by atoms with Crippen molar-refractivity contribution in [2.24, 2.45) is 0 Å². The second-order valence-electron chi connectivity index (χ2n) is 7.12. The standard InChI is InChI=1S/C21H26N4O3/c1-2-27-19-13-18(22-14-23-19)24-16-7-10-25(11-8-16)21(26)20-17-6-4-3-5-15(17)9-12-28-20/h3-6,13-14,16,20H,2,7-12H2,1H3,(H,22,23,24). The molecule has 0 aliphatic carbocycles. The van der Waals surface area contributed by atoms with Crippen LogP contribution in [0.15, 0.2) is 36.7 Å². The van der Waals surface area contributed by atoms with E-state index >= 15 is 0 Å². The van der Waals surface area contributed by atoms with Crippen molar-refractivity contribution in [2.45, 2.75) is 38.3 Å². The van der Waals surface area contributed by atoms with E-state index in [4.69, 9.17) is 9.47 Å². The Kier molecular flexibility index (Phi) is 5.71. The van der Waals surface area contributed by atoms with Gasteiger partial charge in [0.25, 0.3) is 5.91 Å². The number of piperidine rings is 1. The van der Waals surface area contributed by atoms with Crippen LogP contribution in [0.2, 0.25) is 0 Å². The highest BCUT2D eigenvalue weighted by molar-refractivity contribution is 5.83. The fraction of sp³-hybridized carbons (Fsp3) is 0.476.